The van der Waals surface area contributed by atoms with Crippen LogP contribution >= 0.6 is 0 Å². The maximum atomic E-state index is 12.1. The maximum Gasteiger partial charge on any atom is 0.310 e. The topological polar surface area (TPSA) is 79.3 Å². The molecule has 0 aliphatic heterocycles. The molecule has 0 aliphatic rings. The number of aromatic nitrogens is 1. The standard InChI is InChI=1S/C15H22N2O3/c1-10(2)15(4,14(19)20)9-13(18)17-11(3)12-5-7-16-8-6-12/h5-8,10-11H,9H2,1-4H3,(H,17,18)(H,19,20)/t11-,15?/m1/s1. The molecule has 5 nitrogen and oxygen atoms in total. The molecule has 1 aromatic heterocycles. The van der Waals surface area contributed by atoms with Crippen LogP contribution in [0.3, 0.4) is 0 Å². The van der Waals surface area contributed by atoms with Crippen LogP contribution in [0.4, 0.5) is 0 Å². The number of aliphatic carboxylic acids is 1. The van der Waals surface area contributed by atoms with Gasteiger partial charge in [-0.2, -0.15) is 0 Å². The first-order chi connectivity index (χ1) is 9.27. The third-order valence-corrected chi connectivity index (χ3v) is 3.87. The summed E-state index contributed by atoms with van der Waals surface area (Å²) in [6.07, 6.45) is 3.29. The number of rotatable bonds is 6. The molecule has 0 radical (unpaired) electrons. The Morgan fingerprint density at radius 2 is 1.85 bits per heavy atom. The maximum absolute atomic E-state index is 12.1. The van der Waals surface area contributed by atoms with Crippen molar-refractivity contribution in [3.8, 4) is 0 Å². The molecule has 1 rings (SSSR count). The Labute approximate surface area is 119 Å². The lowest BCUT2D eigenvalue weighted by molar-refractivity contribution is -0.153. The monoisotopic (exact) mass is 278 g/mol. The molecule has 1 aromatic rings. The fourth-order valence-electron chi connectivity index (χ4n) is 1.89. The van der Waals surface area contributed by atoms with E-state index < -0.39 is 11.4 Å². The number of carbonyl (C=O) groups excluding carboxylic acids is 1. The molecule has 0 fully saturated rings. The normalized spacial score (nSPS) is 15.4. The molecular weight excluding hydrogens is 256 g/mol. The predicted molar refractivity (Wildman–Crippen MR) is 76.0 cm³/mol. The summed E-state index contributed by atoms with van der Waals surface area (Å²) in [7, 11) is 0. The highest BCUT2D eigenvalue weighted by Crippen LogP contribution is 2.31. The lowest BCUT2D eigenvalue weighted by Crippen LogP contribution is -2.39. The summed E-state index contributed by atoms with van der Waals surface area (Å²) in [5.41, 5.74) is -0.114. The highest BCUT2D eigenvalue weighted by Gasteiger charge is 2.38. The van der Waals surface area contributed by atoms with Crippen LogP contribution in [0.25, 0.3) is 0 Å². The summed E-state index contributed by atoms with van der Waals surface area (Å²) >= 11 is 0. The quantitative estimate of drug-likeness (QED) is 0.837. The Bertz CT molecular complexity index is 473. The summed E-state index contributed by atoms with van der Waals surface area (Å²) in [6.45, 7) is 7.10. The van der Waals surface area contributed by atoms with Gasteiger partial charge in [0.2, 0.25) is 5.91 Å². The van der Waals surface area contributed by atoms with Gasteiger partial charge in [0.1, 0.15) is 0 Å². The largest absolute Gasteiger partial charge is 0.481 e. The zero-order chi connectivity index (χ0) is 15.3. The molecule has 5 heteroatoms. The number of hydrogen-bond donors (Lipinski definition) is 2. The van der Waals surface area contributed by atoms with Crippen molar-refractivity contribution in [1.29, 1.82) is 0 Å². The van der Waals surface area contributed by atoms with E-state index in [1.165, 1.54) is 0 Å². The summed E-state index contributed by atoms with van der Waals surface area (Å²) in [4.78, 5) is 27.3. The molecule has 0 aliphatic carbocycles. The lowest BCUT2D eigenvalue weighted by atomic mass is 9.76. The van der Waals surface area contributed by atoms with Gasteiger partial charge in [-0.3, -0.25) is 14.6 Å². The van der Waals surface area contributed by atoms with Crippen molar-refractivity contribution < 1.29 is 14.7 Å². The zero-order valence-electron chi connectivity index (χ0n) is 12.4. The average Bonchev–Trinajstić information content (AvgIpc) is 2.38. The number of amides is 1. The van der Waals surface area contributed by atoms with E-state index in [9.17, 15) is 14.7 Å². The Balaban J connectivity index is 2.70. The van der Waals surface area contributed by atoms with Crippen LogP contribution in [-0.4, -0.2) is 22.0 Å². The molecule has 0 spiro atoms. The molecule has 2 N–H and O–H groups in total. The minimum absolute atomic E-state index is 0.0323. The van der Waals surface area contributed by atoms with E-state index in [2.05, 4.69) is 10.3 Å². The van der Waals surface area contributed by atoms with Crippen LogP contribution in [0.5, 0.6) is 0 Å². The summed E-state index contributed by atoms with van der Waals surface area (Å²) < 4.78 is 0. The van der Waals surface area contributed by atoms with Crippen LogP contribution < -0.4 is 5.32 Å². The summed E-state index contributed by atoms with van der Waals surface area (Å²) in [5, 5.41) is 12.1. The molecular formula is C15H22N2O3. The van der Waals surface area contributed by atoms with Gasteiger partial charge in [-0.1, -0.05) is 13.8 Å². The zero-order valence-corrected chi connectivity index (χ0v) is 12.4. The third-order valence-electron chi connectivity index (χ3n) is 3.87. The first kappa shape index (κ1) is 16.1. The van der Waals surface area contributed by atoms with Crippen LogP contribution in [-0.2, 0) is 9.59 Å². The molecule has 20 heavy (non-hydrogen) atoms. The van der Waals surface area contributed by atoms with Crippen LogP contribution in [0, 0.1) is 11.3 Å². The average molecular weight is 278 g/mol. The van der Waals surface area contributed by atoms with E-state index in [0.29, 0.717) is 0 Å². The molecule has 110 valence electrons. The highest BCUT2D eigenvalue weighted by molar-refractivity contribution is 5.85. The van der Waals surface area contributed by atoms with Crippen LogP contribution in [0.1, 0.15) is 45.7 Å². The number of pyridine rings is 1. The third kappa shape index (κ3) is 3.79. The Morgan fingerprint density at radius 1 is 1.30 bits per heavy atom. The van der Waals surface area contributed by atoms with Crippen molar-refractivity contribution in [3.63, 3.8) is 0 Å². The first-order valence-corrected chi connectivity index (χ1v) is 6.70. The van der Waals surface area contributed by atoms with E-state index in [0.717, 1.165) is 5.56 Å². The Morgan fingerprint density at radius 3 is 2.30 bits per heavy atom. The molecule has 0 bridgehead atoms. The summed E-state index contributed by atoms with van der Waals surface area (Å²) in [5.74, 6) is -1.32. The molecule has 0 saturated heterocycles. The van der Waals surface area contributed by atoms with Gasteiger partial charge >= 0.3 is 5.97 Å². The molecule has 1 amide bonds. The molecule has 1 heterocycles. The summed E-state index contributed by atoms with van der Waals surface area (Å²) in [6, 6.07) is 3.48. The minimum atomic E-state index is -1.05. The number of carbonyl (C=O) groups is 2. The molecule has 0 aromatic carbocycles. The van der Waals surface area contributed by atoms with Gasteiger partial charge in [0.05, 0.1) is 11.5 Å². The van der Waals surface area contributed by atoms with Gasteiger partial charge in [0.25, 0.3) is 0 Å². The van der Waals surface area contributed by atoms with Gasteiger partial charge in [-0.15, -0.1) is 0 Å². The van der Waals surface area contributed by atoms with Crippen molar-refractivity contribution >= 4 is 11.9 Å². The second kappa shape index (κ2) is 6.50. The van der Waals surface area contributed by atoms with Gasteiger partial charge < -0.3 is 10.4 Å². The fraction of sp³-hybridized carbons (Fsp3) is 0.533. The van der Waals surface area contributed by atoms with Crippen LogP contribution in [0.2, 0.25) is 0 Å². The Kier molecular flexibility index (Phi) is 5.25. The van der Waals surface area contributed by atoms with E-state index in [4.69, 9.17) is 0 Å². The smallest absolute Gasteiger partial charge is 0.310 e. The van der Waals surface area contributed by atoms with Crippen LogP contribution in [0.15, 0.2) is 24.5 Å². The second-order valence-corrected chi connectivity index (χ2v) is 5.62. The number of carboxylic acids is 1. The van der Waals surface area contributed by atoms with Crippen molar-refractivity contribution in [2.75, 3.05) is 0 Å². The number of hydrogen-bond acceptors (Lipinski definition) is 3. The fourth-order valence-corrected chi connectivity index (χ4v) is 1.89. The van der Waals surface area contributed by atoms with E-state index in [1.807, 2.05) is 32.9 Å². The second-order valence-electron chi connectivity index (χ2n) is 5.62. The van der Waals surface area contributed by atoms with Gasteiger partial charge in [0, 0.05) is 18.8 Å². The van der Waals surface area contributed by atoms with Crippen molar-refractivity contribution in [2.24, 2.45) is 11.3 Å². The number of nitrogens with zero attached hydrogens (tertiary/aromatic N) is 1. The molecule has 0 saturated carbocycles. The molecule has 1 unspecified atom stereocenters. The lowest BCUT2D eigenvalue weighted by Gasteiger charge is -2.29. The van der Waals surface area contributed by atoms with Crippen molar-refractivity contribution in [2.45, 2.75) is 40.2 Å². The van der Waals surface area contributed by atoms with Crippen molar-refractivity contribution in [1.82, 2.24) is 10.3 Å². The predicted octanol–water partition coefficient (Wildman–Crippen LogP) is 2.40. The van der Waals surface area contributed by atoms with Gasteiger partial charge in [-0.05, 0) is 37.5 Å². The first-order valence-electron chi connectivity index (χ1n) is 6.70. The Hall–Kier alpha value is -1.91. The van der Waals surface area contributed by atoms with E-state index >= 15 is 0 Å². The SMILES string of the molecule is CC(C)C(C)(CC(=O)N[C@H](C)c1ccncc1)C(=O)O. The van der Waals surface area contributed by atoms with Gasteiger partial charge in [0.15, 0.2) is 0 Å². The highest BCUT2D eigenvalue weighted by atomic mass is 16.4. The number of carboxylic acid groups (broad SMARTS) is 1. The minimum Gasteiger partial charge on any atom is -0.481 e. The van der Waals surface area contributed by atoms with E-state index in [1.54, 1.807) is 19.3 Å². The van der Waals surface area contributed by atoms with Gasteiger partial charge in [-0.25, -0.2) is 0 Å². The molecule has 2 atom stereocenters. The number of nitrogens with one attached hydrogen (secondary N) is 1. The van der Waals surface area contributed by atoms with Crippen molar-refractivity contribution in [3.05, 3.63) is 30.1 Å². The van der Waals surface area contributed by atoms with E-state index in [-0.39, 0.29) is 24.3 Å².